The summed E-state index contributed by atoms with van der Waals surface area (Å²) in [6.45, 7) is 1.92. The van der Waals surface area contributed by atoms with Crippen LogP contribution in [0, 0.1) is 0 Å². The maximum Gasteiger partial charge on any atom is 0.325 e. The number of anilines is 1. The van der Waals surface area contributed by atoms with Crippen LogP contribution in [0.1, 0.15) is 24.9 Å². The van der Waals surface area contributed by atoms with E-state index in [-0.39, 0.29) is 12.1 Å². The van der Waals surface area contributed by atoms with Gasteiger partial charge in [-0.15, -0.1) is 0 Å². The summed E-state index contributed by atoms with van der Waals surface area (Å²) in [6, 6.07) is 12.3. The Balaban J connectivity index is 1.79. The molecule has 2 aliphatic heterocycles. The number of fused-ring (bicyclic) bond motifs is 4. The molecule has 0 aliphatic carbocycles. The number of nitrogens with zero attached hydrogens (tertiary/aromatic N) is 1. The zero-order chi connectivity index (χ0) is 16.2. The largest absolute Gasteiger partial charge is 0.467 e. The van der Waals surface area contributed by atoms with Gasteiger partial charge in [0.2, 0.25) is 0 Å². The first kappa shape index (κ1) is 14.7. The maximum absolute atomic E-state index is 12.7. The molecule has 2 heterocycles. The van der Waals surface area contributed by atoms with Crippen LogP contribution in [0.25, 0.3) is 0 Å². The lowest BCUT2D eigenvalue weighted by molar-refractivity contribution is 0.0379. The number of benzene rings is 2. The molecule has 2 aromatic carbocycles. The summed E-state index contributed by atoms with van der Waals surface area (Å²) < 4.78 is 6.19. The highest BCUT2D eigenvalue weighted by Crippen LogP contribution is 2.46. The third-order valence-electron chi connectivity index (χ3n) is 4.32. The Morgan fingerprint density at radius 1 is 1.17 bits per heavy atom. The number of carbonyl (C=O) groups excluding carboxylic acids is 1. The number of hydrogen-bond acceptors (Lipinski definition) is 2. The van der Waals surface area contributed by atoms with Crippen LogP contribution in [0.2, 0.25) is 10.0 Å². The van der Waals surface area contributed by atoms with Gasteiger partial charge >= 0.3 is 6.03 Å². The SMILES string of the molecule is C[C@]12C[C@@H](NC(=O)N1c1ccc(Cl)cc1)c1cc(Cl)ccc1O2. The van der Waals surface area contributed by atoms with Crippen LogP contribution in [0.4, 0.5) is 10.5 Å². The average Bonchev–Trinajstić information content (AvgIpc) is 2.49. The highest BCUT2D eigenvalue weighted by molar-refractivity contribution is 6.31. The molecule has 2 aromatic rings. The Morgan fingerprint density at radius 3 is 2.61 bits per heavy atom. The number of urea groups is 1. The highest BCUT2D eigenvalue weighted by Gasteiger charge is 2.49. The normalized spacial score (nSPS) is 25.4. The molecule has 0 unspecified atom stereocenters. The van der Waals surface area contributed by atoms with Gasteiger partial charge in [0.05, 0.1) is 6.04 Å². The molecule has 1 fully saturated rings. The molecule has 4 nitrogen and oxygen atoms in total. The molecular formula is C17H14Cl2N2O2. The summed E-state index contributed by atoms with van der Waals surface area (Å²) in [5, 5.41) is 4.29. The summed E-state index contributed by atoms with van der Waals surface area (Å²) in [5.41, 5.74) is 0.895. The van der Waals surface area contributed by atoms with Crippen molar-refractivity contribution in [1.29, 1.82) is 0 Å². The van der Waals surface area contributed by atoms with E-state index in [0.29, 0.717) is 16.5 Å². The Labute approximate surface area is 143 Å². The first-order valence-electron chi connectivity index (χ1n) is 7.31. The van der Waals surface area contributed by atoms with Crippen molar-refractivity contribution in [1.82, 2.24) is 5.32 Å². The lowest BCUT2D eigenvalue weighted by Crippen LogP contribution is -2.65. The second kappa shape index (κ2) is 5.05. The number of hydrogen-bond donors (Lipinski definition) is 1. The first-order valence-corrected chi connectivity index (χ1v) is 8.07. The molecule has 118 valence electrons. The van der Waals surface area contributed by atoms with E-state index < -0.39 is 5.72 Å². The molecular weight excluding hydrogens is 335 g/mol. The molecule has 0 saturated carbocycles. The third kappa shape index (κ3) is 2.33. The second-order valence-corrected chi connectivity index (χ2v) is 6.85. The predicted molar refractivity (Wildman–Crippen MR) is 90.3 cm³/mol. The van der Waals surface area contributed by atoms with E-state index in [2.05, 4.69) is 5.32 Å². The quantitative estimate of drug-likeness (QED) is 0.806. The lowest BCUT2D eigenvalue weighted by Gasteiger charge is -2.50. The Bertz CT molecular complexity index is 794. The van der Waals surface area contributed by atoms with Crippen molar-refractivity contribution in [3.63, 3.8) is 0 Å². The van der Waals surface area contributed by atoms with Gasteiger partial charge in [0.1, 0.15) is 5.75 Å². The van der Waals surface area contributed by atoms with Crippen LogP contribution in [-0.4, -0.2) is 11.8 Å². The monoisotopic (exact) mass is 348 g/mol. The van der Waals surface area contributed by atoms with Gasteiger partial charge in [-0.25, -0.2) is 4.79 Å². The number of ether oxygens (including phenoxy) is 1. The highest BCUT2D eigenvalue weighted by atomic mass is 35.5. The van der Waals surface area contributed by atoms with Gasteiger partial charge in [0.25, 0.3) is 0 Å². The molecule has 0 radical (unpaired) electrons. The zero-order valence-corrected chi connectivity index (χ0v) is 13.9. The molecule has 2 aliphatic rings. The van der Waals surface area contributed by atoms with Crippen molar-refractivity contribution in [3.8, 4) is 5.75 Å². The average molecular weight is 349 g/mol. The van der Waals surface area contributed by atoms with E-state index in [4.69, 9.17) is 27.9 Å². The summed E-state index contributed by atoms with van der Waals surface area (Å²) >= 11 is 12.0. The van der Waals surface area contributed by atoms with Crippen LogP contribution in [-0.2, 0) is 0 Å². The topological polar surface area (TPSA) is 41.6 Å². The van der Waals surface area contributed by atoms with E-state index in [1.807, 2.05) is 31.2 Å². The number of amides is 2. The Morgan fingerprint density at radius 2 is 1.87 bits per heavy atom. The second-order valence-electron chi connectivity index (χ2n) is 5.98. The molecule has 2 amide bonds. The van der Waals surface area contributed by atoms with Gasteiger partial charge < -0.3 is 10.1 Å². The fraction of sp³-hybridized carbons (Fsp3) is 0.235. The molecule has 0 spiro atoms. The number of halogens is 2. The van der Waals surface area contributed by atoms with Crippen molar-refractivity contribution >= 4 is 34.9 Å². The lowest BCUT2D eigenvalue weighted by atomic mass is 9.90. The molecule has 23 heavy (non-hydrogen) atoms. The van der Waals surface area contributed by atoms with E-state index in [1.54, 1.807) is 23.1 Å². The molecule has 1 saturated heterocycles. The van der Waals surface area contributed by atoms with Crippen LogP contribution in [0.5, 0.6) is 5.75 Å². The van der Waals surface area contributed by atoms with Gasteiger partial charge in [-0.2, -0.15) is 0 Å². The number of carbonyl (C=O) groups is 1. The van der Waals surface area contributed by atoms with Crippen molar-refractivity contribution in [2.45, 2.75) is 25.1 Å². The van der Waals surface area contributed by atoms with Gasteiger partial charge in [-0.05, 0) is 49.4 Å². The van der Waals surface area contributed by atoms with Gasteiger partial charge in [-0.3, -0.25) is 4.90 Å². The zero-order valence-electron chi connectivity index (χ0n) is 12.3. The predicted octanol–water partition coefficient (Wildman–Crippen LogP) is 4.76. The van der Waals surface area contributed by atoms with E-state index in [1.165, 1.54) is 0 Å². The Hall–Kier alpha value is -1.91. The number of nitrogens with one attached hydrogen (secondary N) is 1. The molecule has 0 aromatic heterocycles. The van der Waals surface area contributed by atoms with Gasteiger partial charge in [0.15, 0.2) is 5.72 Å². The summed E-state index contributed by atoms with van der Waals surface area (Å²) in [4.78, 5) is 14.3. The van der Waals surface area contributed by atoms with E-state index in [9.17, 15) is 4.79 Å². The minimum absolute atomic E-state index is 0.112. The number of rotatable bonds is 1. The minimum Gasteiger partial charge on any atom is -0.467 e. The van der Waals surface area contributed by atoms with Crippen molar-refractivity contribution < 1.29 is 9.53 Å². The fourth-order valence-corrected chi connectivity index (χ4v) is 3.63. The standard InChI is InChI=1S/C17H14Cl2N2O2/c1-17-9-14(13-8-11(19)4-7-15(13)23-17)20-16(22)21(17)12-5-2-10(18)3-6-12/h2-8,14H,9H2,1H3,(H,20,22)/t14-,17+/m1/s1. The van der Waals surface area contributed by atoms with Crippen molar-refractivity contribution in [2.24, 2.45) is 0 Å². The van der Waals surface area contributed by atoms with Gasteiger partial charge in [0, 0.05) is 27.7 Å². The smallest absolute Gasteiger partial charge is 0.325 e. The fourth-order valence-electron chi connectivity index (χ4n) is 3.33. The summed E-state index contributed by atoms with van der Waals surface area (Å²) in [7, 11) is 0. The Kier molecular flexibility index (Phi) is 3.22. The van der Waals surface area contributed by atoms with Gasteiger partial charge in [-0.1, -0.05) is 23.2 Å². The van der Waals surface area contributed by atoms with Crippen molar-refractivity contribution in [2.75, 3.05) is 4.90 Å². The first-order chi connectivity index (χ1) is 11.0. The molecule has 2 atom stereocenters. The van der Waals surface area contributed by atoms with E-state index >= 15 is 0 Å². The van der Waals surface area contributed by atoms with Crippen LogP contribution < -0.4 is 15.0 Å². The molecule has 4 rings (SSSR count). The maximum atomic E-state index is 12.7. The third-order valence-corrected chi connectivity index (χ3v) is 4.81. The molecule has 6 heteroatoms. The van der Waals surface area contributed by atoms with Crippen LogP contribution in [0.15, 0.2) is 42.5 Å². The minimum atomic E-state index is -0.762. The van der Waals surface area contributed by atoms with Crippen molar-refractivity contribution in [3.05, 3.63) is 58.1 Å². The molecule has 2 bridgehead atoms. The van der Waals surface area contributed by atoms with Crippen LogP contribution in [0.3, 0.4) is 0 Å². The summed E-state index contributed by atoms with van der Waals surface area (Å²) in [6.07, 6.45) is 0.634. The van der Waals surface area contributed by atoms with Crippen LogP contribution >= 0.6 is 23.2 Å². The molecule has 1 N–H and O–H groups in total. The van der Waals surface area contributed by atoms with E-state index in [0.717, 1.165) is 17.0 Å². The summed E-state index contributed by atoms with van der Waals surface area (Å²) in [5.74, 6) is 0.743.